The van der Waals surface area contributed by atoms with Gasteiger partial charge in [0.2, 0.25) is 5.91 Å². The molecule has 0 radical (unpaired) electrons. The van der Waals surface area contributed by atoms with Crippen molar-refractivity contribution in [1.82, 2.24) is 24.6 Å². The average Bonchev–Trinajstić information content (AvgIpc) is 3.45. The molecule has 1 unspecified atom stereocenters. The molecule has 41 heavy (non-hydrogen) atoms. The Hall–Kier alpha value is -3.39. The molecule has 2 aliphatic rings. The van der Waals surface area contributed by atoms with Crippen LogP contribution in [0.3, 0.4) is 0 Å². The van der Waals surface area contributed by atoms with Crippen LogP contribution >= 0.6 is 0 Å². The average molecular weight is 562 g/mol. The van der Waals surface area contributed by atoms with Crippen molar-refractivity contribution in [2.45, 2.75) is 71.3 Å². The lowest BCUT2D eigenvalue weighted by molar-refractivity contribution is -0.141. The number of likely N-dealkylation sites (tertiary alicyclic amines) is 2. The van der Waals surface area contributed by atoms with Crippen LogP contribution in [-0.4, -0.2) is 69.0 Å². The molecule has 1 amide bonds. The van der Waals surface area contributed by atoms with Crippen LogP contribution in [0, 0.1) is 11.7 Å². The van der Waals surface area contributed by atoms with E-state index in [1.807, 2.05) is 25.4 Å². The maximum absolute atomic E-state index is 13.0. The first-order valence-corrected chi connectivity index (χ1v) is 15.0. The van der Waals surface area contributed by atoms with Crippen molar-refractivity contribution in [3.8, 4) is 0 Å². The third kappa shape index (κ3) is 9.05. The summed E-state index contributed by atoms with van der Waals surface area (Å²) in [7, 11) is 0. The van der Waals surface area contributed by atoms with Gasteiger partial charge in [-0.3, -0.25) is 9.59 Å². The highest BCUT2D eigenvalue weighted by molar-refractivity contribution is 5.84. The van der Waals surface area contributed by atoms with Crippen LogP contribution in [0.25, 0.3) is 0 Å². The number of halogens is 1. The third-order valence-electron chi connectivity index (χ3n) is 8.40. The largest absolute Gasteiger partial charge is 0.341 e. The summed E-state index contributed by atoms with van der Waals surface area (Å²) >= 11 is 0. The molecule has 0 saturated carbocycles. The van der Waals surface area contributed by atoms with Crippen LogP contribution in [0.4, 0.5) is 4.39 Å². The van der Waals surface area contributed by atoms with Gasteiger partial charge in [0.1, 0.15) is 17.9 Å². The second-order valence-electron chi connectivity index (χ2n) is 11.4. The first-order chi connectivity index (χ1) is 19.8. The van der Waals surface area contributed by atoms with Gasteiger partial charge in [-0.2, -0.15) is 5.10 Å². The molecule has 2 saturated heterocycles. The number of aromatic nitrogens is 3. The first kappa shape index (κ1) is 30.6. The van der Waals surface area contributed by atoms with Crippen LogP contribution in [0.15, 0.2) is 60.9 Å². The van der Waals surface area contributed by atoms with Crippen molar-refractivity contribution < 1.29 is 14.0 Å². The SMILES string of the molecule is CC(CCN1CCC(n2cnc(CCc3ccc(F)cc3)n2)CC1)c1ccccc1.CCC(=O)N1CC(C(C)=O)C1. The van der Waals surface area contributed by atoms with Gasteiger partial charge in [0.15, 0.2) is 5.82 Å². The van der Waals surface area contributed by atoms with Crippen molar-refractivity contribution in [3.63, 3.8) is 0 Å². The monoisotopic (exact) mass is 561 g/mol. The summed E-state index contributed by atoms with van der Waals surface area (Å²) in [6.45, 7) is 10.4. The number of carbonyl (C=O) groups is 2. The number of piperidine rings is 1. The highest BCUT2D eigenvalue weighted by Crippen LogP contribution is 2.24. The number of hydrogen-bond acceptors (Lipinski definition) is 5. The Morgan fingerprint density at radius 2 is 1.68 bits per heavy atom. The van der Waals surface area contributed by atoms with Gasteiger partial charge in [-0.25, -0.2) is 14.1 Å². The Kier molecular flexibility index (Phi) is 11.2. The molecule has 8 heteroatoms. The number of hydrogen-bond donors (Lipinski definition) is 0. The van der Waals surface area contributed by atoms with Crippen molar-refractivity contribution in [1.29, 1.82) is 0 Å². The second-order valence-corrected chi connectivity index (χ2v) is 11.4. The van der Waals surface area contributed by atoms with E-state index in [9.17, 15) is 14.0 Å². The number of amides is 1. The molecule has 1 aromatic heterocycles. The van der Waals surface area contributed by atoms with Gasteiger partial charge >= 0.3 is 0 Å². The number of benzene rings is 2. The molecule has 7 nitrogen and oxygen atoms in total. The third-order valence-corrected chi connectivity index (χ3v) is 8.40. The maximum atomic E-state index is 13.0. The van der Waals surface area contributed by atoms with E-state index in [2.05, 4.69) is 51.8 Å². The van der Waals surface area contributed by atoms with Crippen molar-refractivity contribution >= 4 is 11.7 Å². The maximum Gasteiger partial charge on any atom is 0.222 e. The zero-order valence-electron chi connectivity index (χ0n) is 24.7. The number of nitrogens with zero attached hydrogens (tertiary/aromatic N) is 5. The second kappa shape index (κ2) is 15.0. The smallest absolute Gasteiger partial charge is 0.222 e. The Labute approximate surface area is 243 Å². The highest BCUT2D eigenvalue weighted by atomic mass is 19.1. The topological polar surface area (TPSA) is 71.3 Å². The zero-order valence-corrected chi connectivity index (χ0v) is 24.7. The predicted molar refractivity (Wildman–Crippen MR) is 159 cm³/mol. The van der Waals surface area contributed by atoms with Crippen LogP contribution in [0.1, 0.15) is 75.4 Å². The summed E-state index contributed by atoms with van der Waals surface area (Å²) in [5.74, 6) is 1.75. The van der Waals surface area contributed by atoms with Crippen molar-refractivity contribution in [2.75, 3.05) is 32.7 Å². The lowest BCUT2D eigenvalue weighted by Gasteiger charge is -2.37. The van der Waals surface area contributed by atoms with Gasteiger partial charge in [0.25, 0.3) is 0 Å². The number of Topliss-reactive ketones (excluding diaryl/α,β-unsaturated/α-hetero) is 1. The van der Waals surface area contributed by atoms with Crippen LogP contribution < -0.4 is 0 Å². The summed E-state index contributed by atoms with van der Waals surface area (Å²) in [5, 5.41) is 4.72. The minimum Gasteiger partial charge on any atom is -0.341 e. The lowest BCUT2D eigenvalue weighted by Crippen LogP contribution is -2.52. The van der Waals surface area contributed by atoms with E-state index in [-0.39, 0.29) is 23.4 Å². The van der Waals surface area contributed by atoms with E-state index >= 15 is 0 Å². The van der Waals surface area contributed by atoms with Crippen LogP contribution in [0.2, 0.25) is 0 Å². The standard InChI is InChI=1S/C25H31FN4.C8H13NO2/c1-20(22-5-3-2-4-6-22)13-16-29-17-14-24(15-18-29)30-19-27-25(28-30)12-9-21-7-10-23(26)11-8-21;1-3-8(11)9-4-7(5-9)6(2)10/h2-8,10-11,19-20,24H,9,12-18H2,1H3;7H,3-5H2,1-2H3. The zero-order chi connectivity index (χ0) is 29.2. The number of carbonyl (C=O) groups excluding carboxylic acids is 2. The molecule has 2 fully saturated rings. The first-order valence-electron chi connectivity index (χ1n) is 15.0. The van der Waals surface area contributed by atoms with Crippen LogP contribution in [0.5, 0.6) is 0 Å². The molecule has 2 aromatic carbocycles. The van der Waals surface area contributed by atoms with Crippen molar-refractivity contribution in [3.05, 3.63) is 83.7 Å². The molecule has 3 aromatic rings. The molecule has 0 aliphatic carbocycles. The van der Waals surface area contributed by atoms with E-state index in [0.717, 1.165) is 56.7 Å². The Bertz CT molecular complexity index is 1230. The fourth-order valence-corrected chi connectivity index (χ4v) is 5.40. The Balaban J connectivity index is 0.000000296. The molecule has 0 N–H and O–H groups in total. The number of rotatable bonds is 10. The molecular weight excluding hydrogens is 517 g/mol. The minimum atomic E-state index is -0.193. The summed E-state index contributed by atoms with van der Waals surface area (Å²) in [5.41, 5.74) is 2.55. The fraction of sp³-hybridized carbons (Fsp3) is 0.515. The van der Waals surface area contributed by atoms with E-state index < -0.39 is 0 Å². The predicted octanol–water partition coefficient (Wildman–Crippen LogP) is 5.48. The molecule has 0 spiro atoms. The fourth-order valence-electron chi connectivity index (χ4n) is 5.40. The molecule has 5 rings (SSSR count). The molecule has 220 valence electrons. The van der Waals surface area contributed by atoms with Gasteiger partial charge < -0.3 is 9.80 Å². The lowest BCUT2D eigenvalue weighted by atomic mass is 9.96. The number of aryl methyl sites for hydroxylation is 2. The Morgan fingerprint density at radius 3 is 2.32 bits per heavy atom. The highest BCUT2D eigenvalue weighted by Gasteiger charge is 2.32. The molecular formula is C33H44FN5O2. The molecule has 1 atom stereocenters. The van der Waals surface area contributed by atoms with Gasteiger partial charge in [-0.1, -0.05) is 56.3 Å². The van der Waals surface area contributed by atoms with Gasteiger partial charge in [0.05, 0.1) is 12.0 Å². The normalized spacial score (nSPS) is 16.9. The summed E-state index contributed by atoms with van der Waals surface area (Å²) in [6, 6.07) is 17.9. The quantitative estimate of drug-likeness (QED) is 0.328. The summed E-state index contributed by atoms with van der Waals surface area (Å²) < 4.78 is 15.1. The summed E-state index contributed by atoms with van der Waals surface area (Å²) in [4.78, 5) is 30.5. The van der Waals surface area contributed by atoms with E-state index in [1.54, 1.807) is 11.8 Å². The molecule has 0 bridgehead atoms. The van der Waals surface area contributed by atoms with Gasteiger partial charge in [-0.15, -0.1) is 0 Å². The van der Waals surface area contributed by atoms with E-state index in [0.29, 0.717) is 31.5 Å². The van der Waals surface area contributed by atoms with Gasteiger partial charge in [-0.05, 0) is 68.3 Å². The van der Waals surface area contributed by atoms with Crippen LogP contribution in [-0.2, 0) is 22.4 Å². The minimum absolute atomic E-state index is 0.116. The van der Waals surface area contributed by atoms with Gasteiger partial charge in [0, 0.05) is 39.0 Å². The summed E-state index contributed by atoms with van der Waals surface area (Å²) in [6.07, 6.45) is 7.51. The van der Waals surface area contributed by atoms with Crippen molar-refractivity contribution in [2.24, 2.45) is 5.92 Å². The Morgan fingerprint density at radius 1 is 1.00 bits per heavy atom. The molecule has 2 aliphatic heterocycles. The molecule has 3 heterocycles. The van der Waals surface area contributed by atoms with E-state index in [1.165, 1.54) is 24.1 Å². The van der Waals surface area contributed by atoms with E-state index in [4.69, 9.17) is 5.10 Å². The number of ketones is 1.